The van der Waals surface area contributed by atoms with E-state index in [1.165, 1.54) is 0 Å². The maximum atomic E-state index is 12.1. The molecule has 1 rings (SSSR count). The summed E-state index contributed by atoms with van der Waals surface area (Å²) in [6, 6.07) is 0.0718. The molecule has 1 amide bonds. The topological polar surface area (TPSA) is 58.6 Å². The molecular weight excluding hydrogens is 218 g/mol. The Morgan fingerprint density at radius 1 is 1.53 bits per heavy atom. The van der Waals surface area contributed by atoms with Crippen LogP contribution in [0.4, 0.5) is 0 Å². The Bertz CT molecular complexity index is 243. The molecule has 0 aliphatic carbocycles. The van der Waals surface area contributed by atoms with Crippen LogP contribution < -0.4 is 5.32 Å². The van der Waals surface area contributed by atoms with Crippen molar-refractivity contribution in [2.75, 3.05) is 19.8 Å². The minimum Gasteiger partial charge on any atom is -0.396 e. The molecule has 0 radical (unpaired) electrons. The van der Waals surface area contributed by atoms with E-state index in [4.69, 9.17) is 9.84 Å². The standard InChI is InChI=1S/C13H25NO3/c1-9(2)12(4-6-15)14-13(16)11-5-7-17-8-10(11)3/h9-12,15H,4-8H2,1-3H3,(H,14,16). The van der Waals surface area contributed by atoms with Gasteiger partial charge in [0, 0.05) is 31.8 Å². The Hall–Kier alpha value is -0.610. The van der Waals surface area contributed by atoms with Crippen LogP contribution in [-0.2, 0) is 9.53 Å². The summed E-state index contributed by atoms with van der Waals surface area (Å²) in [7, 11) is 0. The minimum atomic E-state index is 0.0590. The SMILES string of the molecule is CC(C)C(CCO)NC(=O)C1CCOCC1C. The summed E-state index contributed by atoms with van der Waals surface area (Å²) >= 11 is 0. The van der Waals surface area contributed by atoms with E-state index in [0.29, 0.717) is 25.6 Å². The highest BCUT2D eigenvalue weighted by Crippen LogP contribution is 2.22. The van der Waals surface area contributed by atoms with E-state index in [-0.39, 0.29) is 30.4 Å². The molecule has 4 heteroatoms. The van der Waals surface area contributed by atoms with Gasteiger partial charge in [-0.2, -0.15) is 0 Å². The van der Waals surface area contributed by atoms with Gasteiger partial charge >= 0.3 is 0 Å². The van der Waals surface area contributed by atoms with Crippen LogP contribution in [0.5, 0.6) is 0 Å². The van der Waals surface area contributed by atoms with Crippen molar-refractivity contribution in [1.29, 1.82) is 0 Å². The van der Waals surface area contributed by atoms with Crippen LogP contribution >= 0.6 is 0 Å². The van der Waals surface area contributed by atoms with Gasteiger partial charge in [-0.1, -0.05) is 20.8 Å². The van der Waals surface area contributed by atoms with Crippen molar-refractivity contribution in [3.63, 3.8) is 0 Å². The molecule has 2 N–H and O–H groups in total. The molecule has 1 fully saturated rings. The van der Waals surface area contributed by atoms with Crippen molar-refractivity contribution in [3.05, 3.63) is 0 Å². The van der Waals surface area contributed by atoms with Gasteiger partial charge in [-0.25, -0.2) is 0 Å². The monoisotopic (exact) mass is 243 g/mol. The second-order valence-corrected chi connectivity index (χ2v) is 5.32. The Morgan fingerprint density at radius 2 is 2.24 bits per heavy atom. The predicted molar refractivity (Wildman–Crippen MR) is 66.6 cm³/mol. The van der Waals surface area contributed by atoms with Gasteiger partial charge in [0.1, 0.15) is 0 Å². The number of carbonyl (C=O) groups is 1. The Morgan fingerprint density at radius 3 is 2.76 bits per heavy atom. The van der Waals surface area contributed by atoms with Crippen LogP contribution in [0, 0.1) is 17.8 Å². The molecule has 4 nitrogen and oxygen atoms in total. The lowest BCUT2D eigenvalue weighted by molar-refractivity contribution is -0.131. The molecule has 0 aromatic carbocycles. The molecule has 0 aromatic heterocycles. The maximum absolute atomic E-state index is 12.1. The summed E-state index contributed by atoms with van der Waals surface area (Å²) in [6.07, 6.45) is 1.43. The Labute approximate surface area is 104 Å². The number of carbonyl (C=O) groups excluding carboxylic acids is 1. The molecule has 1 aliphatic rings. The predicted octanol–water partition coefficient (Wildman–Crippen LogP) is 1.18. The summed E-state index contributed by atoms with van der Waals surface area (Å²) in [5.41, 5.74) is 0. The molecule has 0 spiro atoms. The summed E-state index contributed by atoms with van der Waals surface area (Å²) in [6.45, 7) is 7.65. The average Bonchev–Trinajstić information content (AvgIpc) is 2.28. The van der Waals surface area contributed by atoms with Gasteiger partial charge in [0.25, 0.3) is 0 Å². The van der Waals surface area contributed by atoms with Gasteiger partial charge in [-0.3, -0.25) is 4.79 Å². The molecule has 0 bridgehead atoms. The molecule has 1 aliphatic heterocycles. The van der Waals surface area contributed by atoms with E-state index in [0.717, 1.165) is 6.42 Å². The first-order chi connectivity index (χ1) is 8.06. The molecular formula is C13H25NO3. The summed E-state index contributed by atoms with van der Waals surface area (Å²) in [4.78, 5) is 12.1. The Kier molecular flexibility index (Phi) is 5.92. The second kappa shape index (κ2) is 6.97. The lowest BCUT2D eigenvalue weighted by Gasteiger charge is -2.30. The van der Waals surface area contributed by atoms with E-state index in [2.05, 4.69) is 26.1 Å². The molecule has 1 saturated heterocycles. The third kappa shape index (κ3) is 4.28. The average molecular weight is 243 g/mol. The normalized spacial score (nSPS) is 26.9. The lowest BCUT2D eigenvalue weighted by atomic mass is 9.88. The van der Waals surface area contributed by atoms with Gasteiger partial charge in [0.05, 0.1) is 0 Å². The van der Waals surface area contributed by atoms with Crippen molar-refractivity contribution in [3.8, 4) is 0 Å². The van der Waals surface area contributed by atoms with E-state index in [9.17, 15) is 4.79 Å². The van der Waals surface area contributed by atoms with Crippen molar-refractivity contribution < 1.29 is 14.6 Å². The molecule has 17 heavy (non-hydrogen) atoms. The largest absolute Gasteiger partial charge is 0.396 e. The molecule has 100 valence electrons. The van der Waals surface area contributed by atoms with Crippen LogP contribution in [0.1, 0.15) is 33.6 Å². The van der Waals surface area contributed by atoms with Gasteiger partial charge in [-0.05, 0) is 24.7 Å². The van der Waals surface area contributed by atoms with Crippen LogP contribution in [-0.4, -0.2) is 36.9 Å². The number of aliphatic hydroxyl groups excluding tert-OH is 1. The zero-order valence-electron chi connectivity index (χ0n) is 11.1. The molecule has 3 unspecified atom stereocenters. The fraction of sp³-hybridized carbons (Fsp3) is 0.923. The highest BCUT2D eigenvalue weighted by atomic mass is 16.5. The highest BCUT2D eigenvalue weighted by molar-refractivity contribution is 5.79. The molecule has 1 heterocycles. The summed E-state index contributed by atoms with van der Waals surface area (Å²) in [5.74, 6) is 0.809. The van der Waals surface area contributed by atoms with Crippen LogP contribution in [0.25, 0.3) is 0 Å². The third-order valence-electron chi connectivity index (χ3n) is 3.55. The number of hydrogen-bond donors (Lipinski definition) is 2. The number of aliphatic hydroxyl groups is 1. The maximum Gasteiger partial charge on any atom is 0.223 e. The molecule has 0 aromatic rings. The quantitative estimate of drug-likeness (QED) is 0.762. The highest BCUT2D eigenvalue weighted by Gasteiger charge is 2.29. The fourth-order valence-electron chi connectivity index (χ4n) is 2.27. The summed E-state index contributed by atoms with van der Waals surface area (Å²) in [5, 5.41) is 12.1. The first kappa shape index (κ1) is 14.5. The Balaban J connectivity index is 2.50. The van der Waals surface area contributed by atoms with Crippen LogP contribution in [0.3, 0.4) is 0 Å². The number of nitrogens with one attached hydrogen (secondary N) is 1. The lowest BCUT2D eigenvalue weighted by Crippen LogP contribution is -2.45. The van der Waals surface area contributed by atoms with Gasteiger partial charge in [0.15, 0.2) is 0 Å². The first-order valence-electron chi connectivity index (χ1n) is 6.55. The van der Waals surface area contributed by atoms with Crippen molar-refractivity contribution in [1.82, 2.24) is 5.32 Å². The van der Waals surface area contributed by atoms with Crippen molar-refractivity contribution in [2.45, 2.75) is 39.7 Å². The number of ether oxygens (including phenoxy) is 1. The molecule has 0 saturated carbocycles. The van der Waals surface area contributed by atoms with E-state index >= 15 is 0 Å². The first-order valence-corrected chi connectivity index (χ1v) is 6.55. The van der Waals surface area contributed by atoms with Gasteiger partial charge in [0.2, 0.25) is 5.91 Å². The van der Waals surface area contributed by atoms with Crippen molar-refractivity contribution in [2.24, 2.45) is 17.8 Å². The van der Waals surface area contributed by atoms with Gasteiger partial charge in [-0.15, -0.1) is 0 Å². The molecule has 3 atom stereocenters. The van der Waals surface area contributed by atoms with Crippen LogP contribution in [0.2, 0.25) is 0 Å². The number of amides is 1. The van der Waals surface area contributed by atoms with E-state index < -0.39 is 0 Å². The number of rotatable bonds is 5. The second-order valence-electron chi connectivity index (χ2n) is 5.32. The smallest absolute Gasteiger partial charge is 0.223 e. The zero-order chi connectivity index (χ0) is 12.8. The minimum absolute atomic E-state index is 0.0590. The van der Waals surface area contributed by atoms with Crippen molar-refractivity contribution >= 4 is 5.91 Å². The number of hydrogen-bond acceptors (Lipinski definition) is 3. The summed E-state index contributed by atoms with van der Waals surface area (Å²) < 4.78 is 5.34. The van der Waals surface area contributed by atoms with Gasteiger partial charge < -0.3 is 15.2 Å². The van der Waals surface area contributed by atoms with E-state index in [1.807, 2.05) is 0 Å². The van der Waals surface area contributed by atoms with E-state index in [1.54, 1.807) is 0 Å². The zero-order valence-corrected chi connectivity index (χ0v) is 11.1. The third-order valence-corrected chi connectivity index (χ3v) is 3.55. The fourth-order valence-corrected chi connectivity index (χ4v) is 2.27. The van der Waals surface area contributed by atoms with Crippen LogP contribution in [0.15, 0.2) is 0 Å².